The second-order valence-electron chi connectivity index (χ2n) is 14.0. The Hall–Kier alpha value is -1.29. The SMILES string of the molecule is CCOCC(C)(C)CCOC(C)c1ccc(C(C)(C)c2ccc(C(C)(C)OCCC(C)(P)COC(C)C)cc2)cc1. The minimum atomic E-state index is -0.363. The highest BCUT2D eigenvalue weighted by Gasteiger charge is 2.27. The fourth-order valence-electron chi connectivity index (χ4n) is 4.74. The molecule has 0 aliphatic carbocycles. The zero-order valence-corrected chi connectivity index (χ0v) is 29.1. The lowest BCUT2D eigenvalue weighted by atomic mass is 9.77. The third-order valence-corrected chi connectivity index (χ3v) is 8.59. The Morgan fingerprint density at radius 3 is 1.76 bits per heavy atom. The molecule has 3 unspecified atom stereocenters. The maximum Gasteiger partial charge on any atom is 0.0875 e. The largest absolute Gasteiger partial charge is 0.381 e. The normalized spacial score (nSPS) is 15.2. The first-order valence-electron chi connectivity index (χ1n) is 15.4. The number of rotatable bonds is 18. The molecular weight excluding hydrogens is 527 g/mol. The summed E-state index contributed by atoms with van der Waals surface area (Å²) in [7, 11) is 2.94. The van der Waals surface area contributed by atoms with Gasteiger partial charge in [-0.15, -0.1) is 9.24 Å². The Balaban J connectivity index is 1.97. The van der Waals surface area contributed by atoms with Crippen LogP contribution in [0, 0.1) is 5.41 Å². The van der Waals surface area contributed by atoms with E-state index in [1.807, 2.05) is 6.92 Å². The van der Waals surface area contributed by atoms with Gasteiger partial charge in [0.05, 0.1) is 31.0 Å². The number of hydrogen-bond acceptors (Lipinski definition) is 4. The Morgan fingerprint density at radius 1 is 0.683 bits per heavy atom. The van der Waals surface area contributed by atoms with Crippen LogP contribution < -0.4 is 0 Å². The van der Waals surface area contributed by atoms with Crippen molar-refractivity contribution < 1.29 is 18.9 Å². The standard InChI is InChI=1S/C36H59O4P/c1-12-37-25-33(5,6)21-23-38-28(4)29-13-15-30(16-14-29)34(7,8)31-17-19-32(20-18-31)35(9,10)40-24-22-36(11,41)26-39-27(2)3/h13-20,27-28H,12,21-26,41H2,1-11H3. The third-order valence-electron chi connectivity index (χ3n) is 8.13. The molecular formula is C36H59O4P. The van der Waals surface area contributed by atoms with Crippen molar-refractivity contribution in [3.8, 4) is 0 Å². The van der Waals surface area contributed by atoms with Crippen LogP contribution in [0.2, 0.25) is 0 Å². The third kappa shape index (κ3) is 11.7. The Kier molecular flexibility index (Phi) is 13.5. The maximum atomic E-state index is 6.38. The van der Waals surface area contributed by atoms with Crippen molar-refractivity contribution >= 4 is 9.24 Å². The van der Waals surface area contributed by atoms with Crippen LogP contribution in [0.15, 0.2) is 48.5 Å². The summed E-state index contributed by atoms with van der Waals surface area (Å²) in [6.07, 6.45) is 2.20. The molecule has 5 heteroatoms. The van der Waals surface area contributed by atoms with Gasteiger partial charge < -0.3 is 18.9 Å². The summed E-state index contributed by atoms with van der Waals surface area (Å²) < 4.78 is 24.0. The summed E-state index contributed by atoms with van der Waals surface area (Å²) in [5.41, 5.74) is 4.61. The summed E-state index contributed by atoms with van der Waals surface area (Å²) >= 11 is 0. The van der Waals surface area contributed by atoms with Gasteiger partial charge in [-0.1, -0.05) is 83.1 Å². The van der Waals surface area contributed by atoms with Crippen molar-refractivity contribution in [2.24, 2.45) is 5.41 Å². The highest BCUT2D eigenvalue weighted by molar-refractivity contribution is 7.18. The first kappa shape index (κ1) is 35.9. The summed E-state index contributed by atoms with van der Waals surface area (Å²) in [5.74, 6) is 0. The van der Waals surface area contributed by atoms with Crippen LogP contribution in [0.1, 0.15) is 117 Å². The van der Waals surface area contributed by atoms with Gasteiger partial charge >= 0.3 is 0 Å². The van der Waals surface area contributed by atoms with Gasteiger partial charge in [-0.2, -0.15) is 0 Å². The van der Waals surface area contributed by atoms with Crippen molar-refractivity contribution in [1.29, 1.82) is 0 Å². The fourth-order valence-corrected chi connectivity index (χ4v) is 4.95. The van der Waals surface area contributed by atoms with Gasteiger partial charge in [0.15, 0.2) is 0 Å². The van der Waals surface area contributed by atoms with E-state index in [4.69, 9.17) is 18.9 Å². The van der Waals surface area contributed by atoms with Crippen molar-refractivity contribution in [3.63, 3.8) is 0 Å². The molecule has 4 nitrogen and oxygen atoms in total. The zero-order chi connectivity index (χ0) is 30.9. The summed E-state index contributed by atoms with van der Waals surface area (Å²) in [5, 5.41) is 0.00823. The lowest BCUT2D eigenvalue weighted by molar-refractivity contribution is -0.0306. The fraction of sp³-hybridized carbons (Fsp3) is 0.667. The van der Waals surface area contributed by atoms with E-state index in [1.165, 1.54) is 22.3 Å². The van der Waals surface area contributed by atoms with Gasteiger partial charge in [0.25, 0.3) is 0 Å². The van der Waals surface area contributed by atoms with Gasteiger partial charge in [-0.3, -0.25) is 0 Å². The van der Waals surface area contributed by atoms with E-state index < -0.39 is 0 Å². The van der Waals surface area contributed by atoms with Crippen molar-refractivity contribution in [2.45, 2.75) is 117 Å². The van der Waals surface area contributed by atoms with Crippen molar-refractivity contribution in [1.82, 2.24) is 0 Å². The molecule has 3 atom stereocenters. The molecule has 0 radical (unpaired) electrons. The second-order valence-corrected chi connectivity index (χ2v) is 15.4. The molecule has 0 saturated carbocycles. The summed E-state index contributed by atoms with van der Waals surface area (Å²) in [6, 6.07) is 17.9. The summed E-state index contributed by atoms with van der Waals surface area (Å²) in [4.78, 5) is 0. The van der Waals surface area contributed by atoms with E-state index >= 15 is 0 Å². The van der Waals surface area contributed by atoms with Crippen LogP contribution in [0.4, 0.5) is 0 Å². The molecule has 2 aromatic rings. The molecule has 0 spiro atoms. The topological polar surface area (TPSA) is 36.9 Å². The average molecular weight is 587 g/mol. The van der Waals surface area contributed by atoms with E-state index in [2.05, 4.69) is 127 Å². The lowest BCUT2D eigenvalue weighted by Crippen LogP contribution is -2.30. The number of benzene rings is 2. The van der Waals surface area contributed by atoms with E-state index in [-0.39, 0.29) is 33.8 Å². The maximum absolute atomic E-state index is 6.38. The minimum absolute atomic E-state index is 0.00823. The second kappa shape index (κ2) is 15.4. The Bertz CT molecular complexity index is 1020. The molecule has 0 aliphatic heterocycles. The van der Waals surface area contributed by atoms with Crippen LogP contribution >= 0.6 is 9.24 Å². The van der Waals surface area contributed by atoms with Crippen LogP contribution in [0.3, 0.4) is 0 Å². The molecule has 41 heavy (non-hydrogen) atoms. The first-order valence-corrected chi connectivity index (χ1v) is 16.0. The van der Waals surface area contributed by atoms with E-state index in [9.17, 15) is 0 Å². The monoisotopic (exact) mass is 586 g/mol. The molecule has 2 aromatic carbocycles. The van der Waals surface area contributed by atoms with Crippen molar-refractivity contribution in [2.75, 3.05) is 33.0 Å². The van der Waals surface area contributed by atoms with E-state index in [0.717, 1.165) is 32.7 Å². The van der Waals surface area contributed by atoms with Gasteiger partial charge in [-0.05, 0) is 82.1 Å². The molecule has 0 saturated heterocycles. The van der Waals surface area contributed by atoms with Gasteiger partial charge in [-0.25, -0.2) is 0 Å². The molecule has 232 valence electrons. The molecule has 0 aliphatic rings. The smallest absolute Gasteiger partial charge is 0.0875 e. The van der Waals surface area contributed by atoms with E-state index in [0.29, 0.717) is 13.2 Å². The van der Waals surface area contributed by atoms with Gasteiger partial charge in [0.2, 0.25) is 0 Å². The van der Waals surface area contributed by atoms with Crippen LogP contribution in [-0.4, -0.2) is 44.3 Å². The molecule has 2 rings (SSSR count). The number of hydrogen-bond donors (Lipinski definition) is 0. The molecule has 0 bridgehead atoms. The summed E-state index contributed by atoms with van der Waals surface area (Å²) in [6.45, 7) is 27.5. The van der Waals surface area contributed by atoms with Crippen LogP contribution in [-0.2, 0) is 30.0 Å². The quantitative estimate of drug-likeness (QED) is 0.163. The Labute approximate surface area is 254 Å². The number of ether oxygens (including phenoxy) is 4. The highest BCUT2D eigenvalue weighted by Crippen LogP contribution is 2.35. The predicted molar refractivity (Wildman–Crippen MR) is 177 cm³/mol. The zero-order valence-electron chi connectivity index (χ0n) is 27.9. The molecule has 0 N–H and O–H groups in total. The molecule has 0 fully saturated rings. The highest BCUT2D eigenvalue weighted by atomic mass is 31.0. The van der Waals surface area contributed by atoms with E-state index in [1.54, 1.807) is 0 Å². The first-order chi connectivity index (χ1) is 19.0. The minimum Gasteiger partial charge on any atom is -0.381 e. The predicted octanol–water partition coefficient (Wildman–Crippen LogP) is 9.24. The molecule has 0 amide bonds. The molecule has 0 aromatic heterocycles. The van der Waals surface area contributed by atoms with Gasteiger partial charge in [0, 0.05) is 30.4 Å². The lowest BCUT2D eigenvalue weighted by Gasteiger charge is -2.31. The van der Waals surface area contributed by atoms with Crippen molar-refractivity contribution in [3.05, 3.63) is 70.8 Å². The molecule has 0 heterocycles. The Morgan fingerprint density at radius 2 is 1.22 bits per heavy atom. The van der Waals surface area contributed by atoms with Gasteiger partial charge in [0.1, 0.15) is 0 Å². The van der Waals surface area contributed by atoms with Crippen LogP contribution in [0.5, 0.6) is 0 Å². The van der Waals surface area contributed by atoms with Crippen LogP contribution in [0.25, 0.3) is 0 Å². The average Bonchev–Trinajstić information content (AvgIpc) is 2.90.